The Morgan fingerprint density at radius 1 is 1.17 bits per heavy atom. The molecule has 0 aliphatic heterocycles. The summed E-state index contributed by atoms with van der Waals surface area (Å²) in [5, 5.41) is 0. The number of hydrogen-bond donors (Lipinski definition) is 0. The molecule has 0 bridgehead atoms. The number of benzene rings is 1. The fourth-order valence-corrected chi connectivity index (χ4v) is 2.88. The fourth-order valence-electron chi connectivity index (χ4n) is 1.58. The van der Waals surface area contributed by atoms with Crippen LogP contribution in [0.15, 0.2) is 45.5 Å². The molecule has 0 amide bonds. The summed E-state index contributed by atoms with van der Waals surface area (Å²) in [5.41, 5.74) is 2.57. The van der Waals surface area contributed by atoms with Crippen molar-refractivity contribution < 1.29 is 4.79 Å². The summed E-state index contributed by atoms with van der Waals surface area (Å²) in [6.07, 6.45) is 2.10. The number of ketones is 1. The Labute approximate surface area is 123 Å². The van der Waals surface area contributed by atoms with Crippen LogP contribution in [0.2, 0.25) is 0 Å². The van der Waals surface area contributed by atoms with Crippen LogP contribution in [0.25, 0.3) is 0 Å². The molecule has 18 heavy (non-hydrogen) atoms. The van der Waals surface area contributed by atoms with E-state index in [1.165, 1.54) is 0 Å². The van der Waals surface area contributed by atoms with Crippen molar-refractivity contribution in [3.05, 3.63) is 62.3 Å². The minimum absolute atomic E-state index is 0.0633. The molecular formula is C14H11Br2NO. The van der Waals surface area contributed by atoms with Crippen molar-refractivity contribution in [2.45, 2.75) is 13.3 Å². The van der Waals surface area contributed by atoms with Crippen molar-refractivity contribution in [1.82, 2.24) is 4.98 Å². The molecule has 4 heteroatoms. The molecule has 0 N–H and O–H groups in total. The van der Waals surface area contributed by atoms with Crippen LogP contribution in [0.3, 0.4) is 0 Å². The molecule has 1 aromatic heterocycles. The molecule has 2 rings (SSSR count). The first kappa shape index (κ1) is 13.4. The van der Waals surface area contributed by atoms with E-state index in [0.717, 1.165) is 20.2 Å². The monoisotopic (exact) mass is 367 g/mol. The summed E-state index contributed by atoms with van der Waals surface area (Å²) < 4.78 is 1.77. The second-order valence-corrected chi connectivity index (χ2v) is 5.92. The van der Waals surface area contributed by atoms with E-state index in [-0.39, 0.29) is 5.78 Å². The molecule has 1 heterocycles. The van der Waals surface area contributed by atoms with Crippen LogP contribution in [-0.2, 0) is 6.42 Å². The molecule has 0 saturated carbocycles. The van der Waals surface area contributed by atoms with Crippen molar-refractivity contribution in [1.29, 1.82) is 0 Å². The summed E-state index contributed by atoms with van der Waals surface area (Å²) in [6, 6.07) is 9.40. The van der Waals surface area contributed by atoms with Gasteiger partial charge in [-0.05, 0) is 36.8 Å². The molecule has 0 saturated heterocycles. The quantitative estimate of drug-likeness (QED) is 0.754. The predicted octanol–water partition coefficient (Wildman–Crippen LogP) is 4.34. The molecule has 0 atom stereocenters. The lowest BCUT2D eigenvalue weighted by Gasteiger charge is -2.03. The zero-order valence-corrected chi connectivity index (χ0v) is 13.0. The maximum absolute atomic E-state index is 12.1. The summed E-state index contributed by atoms with van der Waals surface area (Å²) in [7, 11) is 0. The van der Waals surface area contributed by atoms with E-state index in [4.69, 9.17) is 0 Å². The lowest BCUT2D eigenvalue weighted by molar-refractivity contribution is 0.0992. The second-order valence-electron chi connectivity index (χ2n) is 4.08. The number of carbonyl (C=O) groups excluding carboxylic acids is 1. The van der Waals surface area contributed by atoms with E-state index in [9.17, 15) is 4.79 Å². The Hall–Kier alpha value is -1.00. The number of aryl methyl sites for hydroxylation is 1. The number of halogens is 2. The summed E-state index contributed by atoms with van der Waals surface area (Å²) in [4.78, 5) is 16.4. The molecule has 92 valence electrons. The number of nitrogens with zero attached hydrogens (tertiary/aromatic N) is 1. The molecule has 0 aliphatic rings. The first-order valence-corrected chi connectivity index (χ1v) is 7.04. The highest BCUT2D eigenvalue weighted by Gasteiger charge is 2.09. The van der Waals surface area contributed by atoms with Crippen LogP contribution in [0.4, 0.5) is 0 Å². The van der Waals surface area contributed by atoms with Crippen LogP contribution >= 0.6 is 31.9 Å². The van der Waals surface area contributed by atoms with E-state index >= 15 is 0 Å². The average Bonchev–Trinajstić information content (AvgIpc) is 2.31. The Morgan fingerprint density at radius 3 is 2.39 bits per heavy atom. The van der Waals surface area contributed by atoms with E-state index in [2.05, 4.69) is 36.8 Å². The van der Waals surface area contributed by atoms with Crippen molar-refractivity contribution >= 4 is 37.6 Å². The van der Waals surface area contributed by atoms with Crippen molar-refractivity contribution in [3.8, 4) is 0 Å². The molecule has 0 unspecified atom stereocenters. The van der Waals surface area contributed by atoms with Crippen LogP contribution in [0.1, 0.15) is 21.6 Å². The summed E-state index contributed by atoms with van der Waals surface area (Å²) in [5.74, 6) is 0.0633. The van der Waals surface area contributed by atoms with Gasteiger partial charge in [0.05, 0.1) is 6.42 Å². The second kappa shape index (κ2) is 5.76. The van der Waals surface area contributed by atoms with Crippen LogP contribution in [0.5, 0.6) is 0 Å². The highest BCUT2D eigenvalue weighted by molar-refractivity contribution is 9.11. The van der Waals surface area contributed by atoms with Gasteiger partial charge >= 0.3 is 0 Å². The van der Waals surface area contributed by atoms with Gasteiger partial charge in [-0.25, -0.2) is 0 Å². The molecule has 0 fully saturated rings. The molecule has 0 aliphatic carbocycles. The van der Waals surface area contributed by atoms with Crippen LogP contribution in [-0.4, -0.2) is 10.8 Å². The molecular weight excluding hydrogens is 358 g/mol. The minimum atomic E-state index is 0.0633. The lowest BCUT2D eigenvalue weighted by atomic mass is 10.1. The highest BCUT2D eigenvalue weighted by atomic mass is 79.9. The smallest absolute Gasteiger partial charge is 0.168 e. The largest absolute Gasteiger partial charge is 0.294 e. The van der Waals surface area contributed by atoms with Crippen molar-refractivity contribution in [2.24, 2.45) is 0 Å². The van der Waals surface area contributed by atoms with Gasteiger partial charge in [-0.15, -0.1) is 0 Å². The van der Waals surface area contributed by atoms with Gasteiger partial charge in [0.15, 0.2) is 5.78 Å². The minimum Gasteiger partial charge on any atom is -0.294 e. The number of pyridine rings is 1. The molecule has 2 nitrogen and oxygen atoms in total. The highest BCUT2D eigenvalue weighted by Crippen LogP contribution is 2.21. The van der Waals surface area contributed by atoms with Gasteiger partial charge in [0.2, 0.25) is 0 Å². The maximum Gasteiger partial charge on any atom is 0.168 e. The summed E-state index contributed by atoms with van der Waals surface area (Å²) >= 11 is 6.76. The normalized spacial score (nSPS) is 10.4. The first-order chi connectivity index (χ1) is 8.54. The molecule has 2 aromatic rings. The molecule has 0 radical (unpaired) electrons. The third-order valence-corrected chi connectivity index (χ3v) is 3.41. The van der Waals surface area contributed by atoms with Gasteiger partial charge < -0.3 is 0 Å². The Bertz CT molecular complexity index is 559. The Kier molecular flexibility index (Phi) is 4.30. The van der Waals surface area contributed by atoms with E-state index in [1.54, 1.807) is 6.20 Å². The van der Waals surface area contributed by atoms with Gasteiger partial charge in [-0.1, -0.05) is 37.9 Å². The summed E-state index contributed by atoms with van der Waals surface area (Å²) in [6.45, 7) is 1.98. The SMILES string of the molecule is Cc1ccc(CC(=O)c2cc(Br)cc(Br)c2)nc1. The lowest BCUT2D eigenvalue weighted by Crippen LogP contribution is -2.05. The van der Waals surface area contributed by atoms with Gasteiger partial charge in [0.1, 0.15) is 0 Å². The Balaban J connectivity index is 2.19. The van der Waals surface area contributed by atoms with E-state index < -0.39 is 0 Å². The van der Waals surface area contributed by atoms with E-state index in [1.807, 2.05) is 37.3 Å². The maximum atomic E-state index is 12.1. The average molecular weight is 369 g/mol. The number of aromatic nitrogens is 1. The van der Waals surface area contributed by atoms with Crippen LogP contribution < -0.4 is 0 Å². The Morgan fingerprint density at radius 2 is 1.83 bits per heavy atom. The first-order valence-electron chi connectivity index (χ1n) is 5.45. The van der Waals surface area contributed by atoms with Crippen molar-refractivity contribution in [2.75, 3.05) is 0 Å². The third kappa shape index (κ3) is 3.50. The number of hydrogen-bond acceptors (Lipinski definition) is 2. The van der Waals surface area contributed by atoms with Gasteiger partial charge in [0, 0.05) is 26.4 Å². The standard InChI is InChI=1S/C14H11Br2NO/c1-9-2-3-13(17-8-9)7-14(18)10-4-11(15)6-12(16)5-10/h2-6,8H,7H2,1H3. The van der Waals surface area contributed by atoms with Crippen LogP contribution in [0, 0.1) is 6.92 Å². The van der Waals surface area contributed by atoms with Gasteiger partial charge in [-0.2, -0.15) is 0 Å². The zero-order chi connectivity index (χ0) is 13.1. The third-order valence-electron chi connectivity index (χ3n) is 2.50. The van der Waals surface area contributed by atoms with Crippen molar-refractivity contribution in [3.63, 3.8) is 0 Å². The topological polar surface area (TPSA) is 30.0 Å². The number of carbonyl (C=O) groups is 1. The molecule has 0 spiro atoms. The fraction of sp³-hybridized carbons (Fsp3) is 0.143. The molecule has 1 aromatic carbocycles. The van der Waals surface area contributed by atoms with E-state index in [0.29, 0.717) is 12.0 Å². The number of Topliss-reactive ketones (excluding diaryl/α,β-unsaturated/α-hetero) is 1. The predicted molar refractivity (Wildman–Crippen MR) is 78.9 cm³/mol. The zero-order valence-electron chi connectivity index (χ0n) is 9.78. The number of rotatable bonds is 3. The van der Waals surface area contributed by atoms with Gasteiger partial charge in [0.25, 0.3) is 0 Å². The van der Waals surface area contributed by atoms with Gasteiger partial charge in [-0.3, -0.25) is 9.78 Å².